The highest BCUT2D eigenvalue weighted by Gasteiger charge is 2.08. The van der Waals surface area contributed by atoms with Crippen LogP contribution in [0.1, 0.15) is 24.4 Å². The largest absolute Gasteiger partial charge is 0.341 e. The van der Waals surface area contributed by atoms with Crippen LogP contribution < -0.4 is 5.73 Å². The predicted octanol–water partition coefficient (Wildman–Crippen LogP) is 2.54. The second kappa shape index (κ2) is 3.26. The van der Waals surface area contributed by atoms with E-state index in [9.17, 15) is 0 Å². The van der Waals surface area contributed by atoms with Crippen molar-refractivity contribution in [2.45, 2.75) is 19.9 Å². The number of aromatic nitrogens is 2. The van der Waals surface area contributed by atoms with E-state index < -0.39 is 0 Å². The average molecular weight is 210 g/mol. The molecule has 2 aromatic rings. The fraction of sp³-hybridized carbons (Fsp3) is 0.300. The predicted molar refractivity (Wildman–Crippen MR) is 58.4 cm³/mol. The number of H-pyrrole nitrogens is 1. The molecule has 1 aromatic carbocycles. The number of aromatic amines is 1. The van der Waals surface area contributed by atoms with Gasteiger partial charge in [0.05, 0.1) is 17.1 Å². The SMILES string of the molecule is Cc1cc(Cl)cc2[nH]c([C@@H](C)N)nc12. The second-order valence-corrected chi connectivity index (χ2v) is 3.97. The van der Waals surface area contributed by atoms with Gasteiger partial charge >= 0.3 is 0 Å². The van der Waals surface area contributed by atoms with E-state index in [0.717, 1.165) is 27.4 Å². The fourth-order valence-electron chi connectivity index (χ4n) is 1.48. The molecule has 1 heterocycles. The van der Waals surface area contributed by atoms with Gasteiger partial charge in [-0.25, -0.2) is 4.98 Å². The standard InChI is InChI=1S/C10H12ClN3/c1-5-3-7(11)4-8-9(5)14-10(13-8)6(2)12/h3-4,6H,12H2,1-2H3,(H,13,14)/t6-/m1/s1. The lowest BCUT2D eigenvalue weighted by Gasteiger charge is -1.96. The minimum Gasteiger partial charge on any atom is -0.341 e. The van der Waals surface area contributed by atoms with Crippen LogP contribution in [-0.2, 0) is 0 Å². The van der Waals surface area contributed by atoms with Gasteiger partial charge in [0.15, 0.2) is 0 Å². The summed E-state index contributed by atoms with van der Waals surface area (Å²) in [6.45, 7) is 3.88. The molecule has 0 aliphatic rings. The minimum absolute atomic E-state index is 0.0828. The van der Waals surface area contributed by atoms with Gasteiger partial charge in [0.25, 0.3) is 0 Å². The first-order valence-corrected chi connectivity index (χ1v) is 4.87. The van der Waals surface area contributed by atoms with E-state index in [1.54, 1.807) is 0 Å². The van der Waals surface area contributed by atoms with Crippen LogP contribution in [-0.4, -0.2) is 9.97 Å². The monoisotopic (exact) mass is 209 g/mol. The van der Waals surface area contributed by atoms with Crippen LogP contribution in [0, 0.1) is 6.92 Å². The van der Waals surface area contributed by atoms with E-state index >= 15 is 0 Å². The zero-order valence-corrected chi connectivity index (χ0v) is 8.89. The number of imidazole rings is 1. The molecule has 0 saturated heterocycles. The molecule has 0 fully saturated rings. The van der Waals surface area contributed by atoms with Crippen molar-refractivity contribution in [3.63, 3.8) is 0 Å². The van der Waals surface area contributed by atoms with Crippen molar-refractivity contribution in [1.29, 1.82) is 0 Å². The van der Waals surface area contributed by atoms with Crippen LogP contribution in [0.2, 0.25) is 5.02 Å². The van der Waals surface area contributed by atoms with Crippen molar-refractivity contribution in [3.05, 3.63) is 28.5 Å². The number of halogens is 1. The molecule has 0 spiro atoms. The number of nitrogens with zero attached hydrogens (tertiary/aromatic N) is 1. The third-order valence-corrected chi connectivity index (χ3v) is 2.41. The molecule has 1 atom stereocenters. The Morgan fingerprint density at radius 1 is 1.50 bits per heavy atom. The fourth-order valence-corrected chi connectivity index (χ4v) is 1.75. The summed E-state index contributed by atoms with van der Waals surface area (Å²) in [7, 11) is 0. The van der Waals surface area contributed by atoms with Crippen molar-refractivity contribution < 1.29 is 0 Å². The van der Waals surface area contributed by atoms with E-state index in [2.05, 4.69) is 9.97 Å². The van der Waals surface area contributed by atoms with Gasteiger partial charge in [-0.15, -0.1) is 0 Å². The van der Waals surface area contributed by atoms with Gasteiger partial charge in [0, 0.05) is 5.02 Å². The number of fused-ring (bicyclic) bond motifs is 1. The number of rotatable bonds is 1. The highest BCUT2D eigenvalue weighted by atomic mass is 35.5. The summed E-state index contributed by atoms with van der Waals surface area (Å²) in [5, 5.41) is 0.717. The Kier molecular flexibility index (Phi) is 2.21. The van der Waals surface area contributed by atoms with Crippen LogP contribution in [0.5, 0.6) is 0 Å². The Balaban J connectivity index is 2.70. The molecular formula is C10H12ClN3. The summed E-state index contributed by atoms with van der Waals surface area (Å²) in [6.07, 6.45) is 0. The van der Waals surface area contributed by atoms with E-state index in [4.69, 9.17) is 17.3 Å². The van der Waals surface area contributed by atoms with Crippen molar-refractivity contribution in [2.24, 2.45) is 5.73 Å². The molecule has 0 aliphatic carbocycles. The maximum atomic E-state index is 5.93. The Labute approximate surface area is 87.3 Å². The van der Waals surface area contributed by atoms with Gasteiger partial charge in [0.2, 0.25) is 0 Å². The zero-order valence-electron chi connectivity index (χ0n) is 8.13. The molecule has 3 nitrogen and oxygen atoms in total. The van der Waals surface area contributed by atoms with Crippen LogP contribution >= 0.6 is 11.6 Å². The number of nitrogens with two attached hydrogens (primary N) is 1. The van der Waals surface area contributed by atoms with Crippen molar-refractivity contribution in [1.82, 2.24) is 9.97 Å². The highest BCUT2D eigenvalue weighted by Crippen LogP contribution is 2.22. The molecule has 14 heavy (non-hydrogen) atoms. The molecule has 3 N–H and O–H groups in total. The molecule has 4 heteroatoms. The molecule has 1 aromatic heterocycles. The normalized spacial score (nSPS) is 13.4. The van der Waals surface area contributed by atoms with Crippen LogP contribution in [0.15, 0.2) is 12.1 Å². The highest BCUT2D eigenvalue weighted by molar-refractivity contribution is 6.31. The minimum atomic E-state index is -0.0828. The zero-order chi connectivity index (χ0) is 10.3. The van der Waals surface area contributed by atoms with Crippen LogP contribution in [0.4, 0.5) is 0 Å². The molecule has 74 valence electrons. The lowest BCUT2D eigenvalue weighted by atomic mass is 10.2. The Morgan fingerprint density at radius 2 is 2.21 bits per heavy atom. The van der Waals surface area contributed by atoms with E-state index in [0.29, 0.717) is 0 Å². The number of hydrogen-bond acceptors (Lipinski definition) is 2. The van der Waals surface area contributed by atoms with Crippen molar-refractivity contribution >= 4 is 22.6 Å². The van der Waals surface area contributed by atoms with Gasteiger partial charge < -0.3 is 10.7 Å². The van der Waals surface area contributed by atoms with Gasteiger partial charge in [-0.05, 0) is 31.5 Å². The first kappa shape index (κ1) is 9.49. The first-order chi connectivity index (χ1) is 6.58. The van der Waals surface area contributed by atoms with Crippen LogP contribution in [0.3, 0.4) is 0 Å². The van der Waals surface area contributed by atoms with Gasteiger partial charge in [-0.3, -0.25) is 0 Å². The molecule has 2 rings (SSSR count). The van der Waals surface area contributed by atoms with E-state index in [1.165, 1.54) is 0 Å². The Bertz CT molecular complexity index is 473. The third-order valence-electron chi connectivity index (χ3n) is 2.19. The Hall–Kier alpha value is -1.06. The summed E-state index contributed by atoms with van der Waals surface area (Å²) in [6, 6.07) is 3.68. The third kappa shape index (κ3) is 1.49. The van der Waals surface area contributed by atoms with Gasteiger partial charge in [-0.1, -0.05) is 11.6 Å². The topological polar surface area (TPSA) is 54.7 Å². The number of benzene rings is 1. The Morgan fingerprint density at radius 3 is 2.86 bits per heavy atom. The summed E-state index contributed by atoms with van der Waals surface area (Å²) in [5.74, 6) is 0.797. The summed E-state index contributed by atoms with van der Waals surface area (Å²) in [5.41, 5.74) is 8.70. The van der Waals surface area contributed by atoms with Gasteiger partial charge in [-0.2, -0.15) is 0 Å². The maximum Gasteiger partial charge on any atom is 0.123 e. The number of hydrogen-bond donors (Lipinski definition) is 2. The molecule has 0 aliphatic heterocycles. The van der Waals surface area contributed by atoms with E-state index in [1.807, 2.05) is 26.0 Å². The quantitative estimate of drug-likeness (QED) is 0.759. The maximum absolute atomic E-state index is 5.93. The molecule has 0 saturated carbocycles. The van der Waals surface area contributed by atoms with Crippen LogP contribution in [0.25, 0.3) is 11.0 Å². The average Bonchev–Trinajstić information content (AvgIpc) is 2.47. The van der Waals surface area contributed by atoms with Crippen molar-refractivity contribution in [2.75, 3.05) is 0 Å². The molecule has 0 unspecified atom stereocenters. The molecule has 0 bridgehead atoms. The lowest BCUT2D eigenvalue weighted by molar-refractivity contribution is 0.760. The van der Waals surface area contributed by atoms with Crippen molar-refractivity contribution in [3.8, 4) is 0 Å². The van der Waals surface area contributed by atoms with E-state index in [-0.39, 0.29) is 6.04 Å². The van der Waals surface area contributed by atoms with Gasteiger partial charge in [0.1, 0.15) is 5.82 Å². The first-order valence-electron chi connectivity index (χ1n) is 4.49. The summed E-state index contributed by atoms with van der Waals surface area (Å²) < 4.78 is 0. The summed E-state index contributed by atoms with van der Waals surface area (Å²) >= 11 is 5.93. The molecular weight excluding hydrogens is 198 g/mol. The lowest BCUT2D eigenvalue weighted by Crippen LogP contribution is -2.06. The molecule has 0 amide bonds. The smallest absolute Gasteiger partial charge is 0.123 e. The summed E-state index contributed by atoms with van der Waals surface area (Å²) in [4.78, 5) is 7.57. The molecule has 0 radical (unpaired) electrons. The second-order valence-electron chi connectivity index (χ2n) is 3.53. The number of nitrogens with one attached hydrogen (secondary N) is 1. The number of aryl methyl sites for hydroxylation is 1.